The Bertz CT molecular complexity index is 896. The topological polar surface area (TPSA) is 51.7 Å². The molecule has 4 heterocycles. The summed E-state index contributed by atoms with van der Waals surface area (Å²) >= 11 is 0. The van der Waals surface area contributed by atoms with Gasteiger partial charge in [0, 0.05) is 51.2 Å². The highest BCUT2D eigenvalue weighted by molar-refractivity contribution is 6.03. The van der Waals surface area contributed by atoms with Crippen molar-refractivity contribution in [2.75, 3.05) is 47.8 Å². The van der Waals surface area contributed by atoms with Crippen molar-refractivity contribution in [2.24, 2.45) is 0 Å². The van der Waals surface area contributed by atoms with Gasteiger partial charge >= 0.3 is 0 Å². The monoisotopic (exact) mass is 381 g/mol. The van der Waals surface area contributed by atoms with Gasteiger partial charge in [-0.25, -0.2) is 9.37 Å². The summed E-state index contributed by atoms with van der Waals surface area (Å²) in [6.45, 7) is 5.26. The molecule has 1 aromatic carbocycles. The summed E-state index contributed by atoms with van der Waals surface area (Å²) in [6, 6.07) is 8.80. The second-order valence-corrected chi connectivity index (χ2v) is 7.80. The Morgan fingerprint density at radius 2 is 2.00 bits per heavy atom. The molecule has 2 aromatic rings. The fourth-order valence-electron chi connectivity index (χ4n) is 4.51. The van der Waals surface area contributed by atoms with Gasteiger partial charge in [0.05, 0.1) is 5.69 Å². The third-order valence-electron chi connectivity index (χ3n) is 5.96. The molecule has 1 amide bonds. The average Bonchev–Trinajstić information content (AvgIpc) is 3.19. The van der Waals surface area contributed by atoms with Gasteiger partial charge in [-0.05, 0) is 42.7 Å². The molecule has 2 fully saturated rings. The van der Waals surface area contributed by atoms with Crippen molar-refractivity contribution in [2.45, 2.75) is 25.4 Å². The van der Waals surface area contributed by atoms with Gasteiger partial charge in [-0.1, -0.05) is 6.07 Å². The summed E-state index contributed by atoms with van der Waals surface area (Å²) in [5, 5.41) is 3.04. The summed E-state index contributed by atoms with van der Waals surface area (Å²) in [5.41, 5.74) is 2.88. The Morgan fingerprint density at radius 3 is 2.82 bits per heavy atom. The third kappa shape index (κ3) is 3.20. The Balaban J connectivity index is 1.24. The van der Waals surface area contributed by atoms with Crippen LogP contribution in [0.25, 0.3) is 0 Å². The molecule has 7 heteroatoms. The number of nitrogens with zero attached hydrogens (tertiary/aromatic N) is 4. The molecule has 0 radical (unpaired) electrons. The van der Waals surface area contributed by atoms with Crippen LogP contribution in [0.15, 0.2) is 36.5 Å². The largest absolute Gasteiger partial charge is 0.369 e. The maximum Gasteiger partial charge on any atom is 0.247 e. The van der Waals surface area contributed by atoms with E-state index in [0.717, 1.165) is 74.9 Å². The summed E-state index contributed by atoms with van der Waals surface area (Å²) in [5.74, 6) is 0.803. The molecule has 5 rings (SSSR count). The van der Waals surface area contributed by atoms with Crippen molar-refractivity contribution in [3.63, 3.8) is 0 Å². The molecule has 1 N–H and O–H groups in total. The smallest absolute Gasteiger partial charge is 0.247 e. The van der Waals surface area contributed by atoms with E-state index in [1.54, 1.807) is 12.1 Å². The van der Waals surface area contributed by atoms with Crippen LogP contribution in [-0.2, 0) is 11.3 Å². The first-order valence-corrected chi connectivity index (χ1v) is 9.97. The first kappa shape index (κ1) is 17.4. The lowest BCUT2D eigenvalue weighted by molar-refractivity contribution is -0.117. The summed E-state index contributed by atoms with van der Waals surface area (Å²) in [7, 11) is 0. The number of fused-ring (bicyclic) bond motifs is 3. The van der Waals surface area contributed by atoms with Crippen molar-refractivity contribution < 1.29 is 9.18 Å². The predicted octanol–water partition coefficient (Wildman–Crippen LogP) is 2.46. The zero-order chi connectivity index (χ0) is 19.1. The molecule has 0 saturated carbocycles. The van der Waals surface area contributed by atoms with Crippen LogP contribution in [0.2, 0.25) is 0 Å². The van der Waals surface area contributed by atoms with Gasteiger partial charge < -0.3 is 15.1 Å². The Labute approximate surface area is 163 Å². The van der Waals surface area contributed by atoms with E-state index in [1.165, 1.54) is 6.07 Å². The first-order valence-electron chi connectivity index (χ1n) is 9.97. The molecule has 0 aliphatic carbocycles. The van der Waals surface area contributed by atoms with Crippen molar-refractivity contribution in [1.29, 1.82) is 0 Å². The molecule has 1 aromatic heterocycles. The molecule has 0 spiro atoms. The molecule has 0 bridgehead atoms. The predicted molar refractivity (Wildman–Crippen MR) is 107 cm³/mol. The first-order chi connectivity index (χ1) is 13.7. The summed E-state index contributed by atoms with van der Waals surface area (Å²) in [6.07, 6.45) is 3.88. The number of hydrogen-bond donors (Lipinski definition) is 1. The Morgan fingerprint density at radius 1 is 1.14 bits per heavy atom. The van der Waals surface area contributed by atoms with Crippen LogP contribution in [0.4, 0.5) is 21.6 Å². The van der Waals surface area contributed by atoms with Crippen molar-refractivity contribution in [3.8, 4) is 0 Å². The maximum absolute atomic E-state index is 13.5. The molecule has 3 aliphatic rings. The Kier molecular flexibility index (Phi) is 4.39. The number of benzene rings is 1. The van der Waals surface area contributed by atoms with Crippen LogP contribution in [0, 0.1) is 5.82 Å². The summed E-state index contributed by atoms with van der Waals surface area (Å²) in [4.78, 5) is 23.7. The van der Waals surface area contributed by atoms with E-state index in [9.17, 15) is 9.18 Å². The number of pyridine rings is 1. The van der Waals surface area contributed by atoms with Crippen molar-refractivity contribution >= 4 is 23.1 Å². The lowest BCUT2D eigenvalue weighted by atomic mass is 10.1. The normalized spacial score (nSPS) is 22.0. The van der Waals surface area contributed by atoms with Crippen molar-refractivity contribution in [3.05, 3.63) is 47.9 Å². The van der Waals surface area contributed by atoms with Crippen molar-refractivity contribution in [1.82, 2.24) is 9.88 Å². The van der Waals surface area contributed by atoms with E-state index < -0.39 is 0 Å². The van der Waals surface area contributed by atoms with E-state index in [0.29, 0.717) is 0 Å². The molecule has 1 atom stereocenters. The standard InChI is InChI=1S/C21H24FN5O/c22-16-3-1-4-17(12-16)26-9-7-25(8-10-26)14-15-11-18-20(23-13-15)27-6-2-5-19(27)21(28)24-18/h1,3-4,11-13,19H,2,5-10,14H2,(H,24,28)/t19-/m0/s1. The van der Waals surface area contributed by atoms with E-state index in [1.807, 2.05) is 12.3 Å². The zero-order valence-corrected chi connectivity index (χ0v) is 15.8. The maximum atomic E-state index is 13.5. The lowest BCUT2D eigenvalue weighted by Gasteiger charge is -2.36. The zero-order valence-electron chi connectivity index (χ0n) is 15.8. The number of nitrogens with one attached hydrogen (secondary N) is 1. The number of carbonyl (C=O) groups is 1. The number of halogens is 1. The second-order valence-electron chi connectivity index (χ2n) is 7.80. The highest BCUT2D eigenvalue weighted by Crippen LogP contribution is 2.35. The molecular formula is C21H24FN5O. The van der Waals surface area contributed by atoms with Crippen LogP contribution in [-0.4, -0.2) is 54.6 Å². The number of piperazine rings is 1. The Hall–Kier alpha value is -2.67. The van der Waals surface area contributed by atoms with Gasteiger partial charge in [0.15, 0.2) is 5.82 Å². The average molecular weight is 381 g/mol. The SMILES string of the molecule is O=C1Nc2cc(CN3CCN(c4cccc(F)c4)CC3)cnc2N2CCC[C@@H]12. The number of carbonyl (C=O) groups excluding carboxylic acids is 1. The minimum absolute atomic E-state index is 0.0539. The van der Waals surface area contributed by atoms with Gasteiger partial charge in [-0.2, -0.15) is 0 Å². The molecule has 2 saturated heterocycles. The lowest BCUT2D eigenvalue weighted by Crippen LogP contribution is -2.46. The number of anilines is 3. The minimum atomic E-state index is -0.192. The van der Waals surface area contributed by atoms with Crippen LogP contribution in [0.1, 0.15) is 18.4 Å². The fourth-order valence-corrected chi connectivity index (χ4v) is 4.51. The molecule has 28 heavy (non-hydrogen) atoms. The van der Waals surface area contributed by atoms with E-state index >= 15 is 0 Å². The number of hydrogen-bond acceptors (Lipinski definition) is 5. The summed E-state index contributed by atoms with van der Waals surface area (Å²) < 4.78 is 13.5. The van der Waals surface area contributed by atoms with Gasteiger partial charge in [0.2, 0.25) is 5.91 Å². The molecule has 6 nitrogen and oxygen atoms in total. The molecule has 3 aliphatic heterocycles. The van der Waals surface area contributed by atoms with Gasteiger partial charge in [-0.3, -0.25) is 9.69 Å². The minimum Gasteiger partial charge on any atom is -0.369 e. The van der Waals surface area contributed by atoms with Crippen LogP contribution in [0.3, 0.4) is 0 Å². The van der Waals surface area contributed by atoms with E-state index in [-0.39, 0.29) is 17.8 Å². The van der Waals surface area contributed by atoms with E-state index in [4.69, 9.17) is 0 Å². The van der Waals surface area contributed by atoms with Crippen LogP contribution >= 0.6 is 0 Å². The van der Waals surface area contributed by atoms with E-state index in [2.05, 4.69) is 31.1 Å². The molecule has 146 valence electrons. The molecular weight excluding hydrogens is 357 g/mol. The molecule has 0 unspecified atom stereocenters. The highest BCUT2D eigenvalue weighted by atomic mass is 19.1. The third-order valence-corrected chi connectivity index (χ3v) is 5.96. The number of amides is 1. The van der Waals surface area contributed by atoms with Gasteiger partial charge in [-0.15, -0.1) is 0 Å². The van der Waals surface area contributed by atoms with Gasteiger partial charge in [0.25, 0.3) is 0 Å². The van der Waals surface area contributed by atoms with Crippen LogP contribution in [0.5, 0.6) is 0 Å². The van der Waals surface area contributed by atoms with Crippen LogP contribution < -0.4 is 15.1 Å². The quantitative estimate of drug-likeness (QED) is 0.885. The number of aromatic nitrogens is 1. The second kappa shape index (κ2) is 7.05. The highest BCUT2D eigenvalue weighted by Gasteiger charge is 2.37. The van der Waals surface area contributed by atoms with Gasteiger partial charge in [0.1, 0.15) is 11.9 Å². The fraction of sp³-hybridized carbons (Fsp3) is 0.429. The number of rotatable bonds is 3.